The van der Waals surface area contributed by atoms with E-state index in [2.05, 4.69) is 0 Å². The number of amides is 1. The number of carboxylic acid groups (broad SMARTS) is 1. The summed E-state index contributed by atoms with van der Waals surface area (Å²) in [6, 6.07) is 4.93. The number of hydrogen-bond donors (Lipinski definition) is 1. The molecule has 0 radical (unpaired) electrons. The summed E-state index contributed by atoms with van der Waals surface area (Å²) in [5.41, 5.74) is 1.95. The van der Waals surface area contributed by atoms with Gasteiger partial charge in [-0.1, -0.05) is 13.0 Å². The smallest absolute Gasteiger partial charge is 0.335 e. The standard InChI is InChI=1S/C12H13NO3/c1-7-5-8-3-4-9(12(15)16)6-10(8)13(2)11(7)14/h3-4,6-7H,5H2,1-2H3,(H,15,16). The van der Waals surface area contributed by atoms with Gasteiger partial charge in [-0.2, -0.15) is 0 Å². The van der Waals surface area contributed by atoms with Crippen LogP contribution in [-0.2, 0) is 11.2 Å². The highest BCUT2D eigenvalue weighted by molar-refractivity contribution is 5.99. The van der Waals surface area contributed by atoms with E-state index in [4.69, 9.17) is 5.11 Å². The number of anilines is 1. The van der Waals surface area contributed by atoms with E-state index in [1.807, 2.05) is 6.92 Å². The maximum Gasteiger partial charge on any atom is 0.335 e. The Morgan fingerprint density at radius 1 is 1.50 bits per heavy atom. The van der Waals surface area contributed by atoms with Crippen molar-refractivity contribution < 1.29 is 14.7 Å². The molecule has 1 N–H and O–H groups in total. The molecule has 4 nitrogen and oxygen atoms in total. The maximum absolute atomic E-state index is 11.7. The van der Waals surface area contributed by atoms with Gasteiger partial charge in [-0.25, -0.2) is 4.79 Å². The molecule has 4 heteroatoms. The average Bonchev–Trinajstić information content (AvgIpc) is 2.25. The van der Waals surface area contributed by atoms with Crippen molar-refractivity contribution in [2.24, 2.45) is 5.92 Å². The highest BCUT2D eigenvalue weighted by Gasteiger charge is 2.27. The van der Waals surface area contributed by atoms with E-state index in [9.17, 15) is 9.59 Å². The zero-order chi connectivity index (χ0) is 11.9. The first-order valence-corrected chi connectivity index (χ1v) is 5.14. The van der Waals surface area contributed by atoms with Crippen molar-refractivity contribution in [2.75, 3.05) is 11.9 Å². The minimum Gasteiger partial charge on any atom is -0.478 e. The number of nitrogens with zero attached hydrogens (tertiary/aromatic N) is 1. The Balaban J connectivity index is 2.50. The van der Waals surface area contributed by atoms with Crippen LogP contribution in [0.15, 0.2) is 18.2 Å². The third-order valence-corrected chi connectivity index (χ3v) is 2.97. The second kappa shape index (κ2) is 3.63. The molecule has 1 aliphatic heterocycles. The Hall–Kier alpha value is -1.84. The summed E-state index contributed by atoms with van der Waals surface area (Å²) < 4.78 is 0. The van der Waals surface area contributed by atoms with Crippen LogP contribution >= 0.6 is 0 Å². The minimum absolute atomic E-state index is 0.0341. The second-order valence-corrected chi connectivity index (χ2v) is 4.15. The molecule has 0 saturated heterocycles. The Bertz CT molecular complexity index is 467. The minimum atomic E-state index is -0.970. The molecule has 1 aromatic rings. The molecular weight excluding hydrogens is 206 g/mol. The van der Waals surface area contributed by atoms with E-state index >= 15 is 0 Å². The fraction of sp³-hybridized carbons (Fsp3) is 0.333. The van der Waals surface area contributed by atoms with Crippen LogP contribution < -0.4 is 4.90 Å². The van der Waals surface area contributed by atoms with Gasteiger partial charge in [-0.05, 0) is 24.1 Å². The van der Waals surface area contributed by atoms with Gasteiger partial charge in [0.05, 0.1) is 5.56 Å². The summed E-state index contributed by atoms with van der Waals surface area (Å²) in [5.74, 6) is -0.967. The predicted molar refractivity (Wildman–Crippen MR) is 59.7 cm³/mol. The van der Waals surface area contributed by atoms with Gasteiger partial charge in [0.25, 0.3) is 0 Å². The number of fused-ring (bicyclic) bond motifs is 1. The second-order valence-electron chi connectivity index (χ2n) is 4.15. The SMILES string of the molecule is CC1Cc2ccc(C(=O)O)cc2N(C)C1=O. The molecule has 1 aromatic carbocycles. The number of rotatable bonds is 1. The Kier molecular flexibility index (Phi) is 2.42. The Labute approximate surface area is 93.5 Å². The van der Waals surface area contributed by atoms with E-state index in [1.165, 1.54) is 4.90 Å². The molecule has 0 saturated carbocycles. The lowest BCUT2D eigenvalue weighted by Crippen LogP contribution is -2.37. The molecule has 1 unspecified atom stereocenters. The molecule has 2 rings (SSSR count). The first-order valence-electron chi connectivity index (χ1n) is 5.14. The molecule has 84 valence electrons. The molecule has 16 heavy (non-hydrogen) atoms. The summed E-state index contributed by atoms with van der Waals surface area (Å²) >= 11 is 0. The molecule has 0 spiro atoms. The van der Waals surface area contributed by atoms with Crippen LogP contribution in [0.5, 0.6) is 0 Å². The van der Waals surface area contributed by atoms with Crippen LogP contribution in [0.4, 0.5) is 5.69 Å². The van der Waals surface area contributed by atoms with Gasteiger partial charge in [0.1, 0.15) is 0 Å². The lowest BCUT2D eigenvalue weighted by molar-refractivity contribution is -0.121. The molecule has 1 atom stereocenters. The number of carboxylic acids is 1. The third kappa shape index (κ3) is 1.56. The van der Waals surface area contributed by atoms with Gasteiger partial charge in [-0.15, -0.1) is 0 Å². The monoisotopic (exact) mass is 219 g/mol. The summed E-state index contributed by atoms with van der Waals surface area (Å²) in [5, 5.41) is 8.89. The molecule has 1 aliphatic rings. The Morgan fingerprint density at radius 2 is 2.19 bits per heavy atom. The highest BCUT2D eigenvalue weighted by atomic mass is 16.4. The molecule has 0 aromatic heterocycles. The zero-order valence-corrected chi connectivity index (χ0v) is 9.23. The summed E-state index contributed by atoms with van der Waals surface area (Å²) in [6.07, 6.45) is 0.679. The molecule has 0 aliphatic carbocycles. The number of benzene rings is 1. The maximum atomic E-state index is 11.7. The summed E-state index contributed by atoms with van der Waals surface area (Å²) in [4.78, 5) is 24.1. The topological polar surface area (TPSA) is 57.6 Å². The number of carbonyl (C=O) groups excluding carboxylic acids is 1. The molecular formula is C12H13NO3. The summed E-state index contributed by atoms with van der Waals surface area (Å²) in [7, 11) is 1.68. The van der Waals surface area contributed by atoms with Crippen molar-refractivity contribution in [3.63, 3.8) is 0 Å². The molecule has 1 heterocycles. The van der Waals surface area contributed by atoms with Crippen molar-refractivity contribution in [1.82, 2.24) is 0 Å². The van der Waals surface area contributed by atoms with Crippen molar-refractivity contribution in [3.05, 3.63) is 29.3 Å². The van der Waals surface area contributed by atoms with E-state index in [1.54, 1.807) is 25.2 Å². The van der Waals surface area contributed by atoms with Crippen molar-refractivity contribution in [2.45, 2.75) is 13.3 Å². The number of aromatic carboxylic acids is 1. The van der Waals surface area contributed by atoms with E-state index in [0.29, 0.717) is 12.1 Å². The number of hydrogen-bond acceptors (Lipinski definition) is 2. The van der Waals surface area contributed by atoms with Crippen molar-refractivity contribution in [1.29, 1.82) is 0 Å². The Morgan fingerprint density at radius 3 is 2.81 bits per heavy atom. The lowest BCUT2D eigenvalue weighted by Gasteiger charge is -2.29. The van der Waals surface area contributed by atoms with Gasteiger partial charge in [0.15, 0.2) is 0 Å². The first-order chi connectivity index (χ1) is 7.50. The normalized spacial score (nSPS) is 19.5. The number of carbonyl (C=O) groups is 2. The van der Waals surface area contributed by atoms with Gasteiger partial charge >= 0.3 is 5.97 Å². The average molecular weight is 219 g/mol. The largest absolute Gasteiger partial charge is 0.478 e. The first kappa shape index (κ1) is 10.7. The van der Waals surface area contributed by atoms with Crippen LogP contribution in [0.1, 0.15) is 22.8 Å². The fourth-order valence-corrected chi connectivity index (χ4v) is 2.05. The van der Waals surface area contributed by atoms with Crippen LogP contribution in [0.3, 0.4) is 0 Å². The quantitative estimate of drug-likeness (QED) is 0.779. The predicted octanol–water partition coefficient (Wildman–Crippen LogP) is 1.54. The van der Waals surface area contributed by atoms with Crippen molar-refractivity contribution in [3.8, 4) is 0 Å². The van der Waals surface area contributed by atoms with Gasteiger partial charge in [-0.3, -0.25) is 4.79 Å². The van der Waals surface area contributed by atoms with E-state index in [-0.39, 0.29) is 17.4 Å². The summed E-state index contributed by atoms with van der Waals surface area (Å²) in [6.45, 7) is 1.88. The van der Waals surface area contributed by atoms with Crippen LogP contribution in [0, 0.1) is 5.92 Å². The van der Waals surface area contributed by atoms with Gasteiger partial charge < -0.3 is 10.0 Å². The third-order valence-electron chi connectivity index (χ3n) is 2.97. The fourth-order valence-electron chi connectivity index (χ4n) is 2.05. The van der Waals surface area contributed by atoms with Crippen LogP contribution in [0.2, 0.25) is 0 Å². The molecule has 0 bridgehead atoms. The molecule has 0 fully saturated rings. The van der Waals surface area contributed by atoms with E-state index in [0.717, 1.165) is 5.56 Å². The van der Waals surface area contributed by atoms with Crippen LogP contribution in [-0.4, -0.2) is 24.0 Å². The highest BCUT2D eigenvalue weighted by Crippen LogP contribution is 2.30. The zero-order valence-electron chi connectivity index (χ0n) is 9.23. The lowest BCUT2D eigenvalue weighted by atomic mass is 9.92. The van der Waals surface area contributed by atoms with Gasteiger partial charge in [0.2, 0.25) is 5.91 Å². The van der Waals surface area contributed by atoms with Gasteiger partial charge in [0, 0.05) is 18.7 Å². The van der Waals surface area contributed by atoms with Crippen LogP contribution in [0.25, 0.3) is 0 Å². The van der Waals surface area contributed by atoms with Crippen molar-refractivity contribution >= 4 is 17.6 Å². The van der Waals surface area contributed by atoms with E-state index < -0.39 is 5.97 Å². The molecule has 1 amide bonds.